The Bertz CT molecular complexity index is 961. The molecule has 2 aromatic carbocycles. The summed E-state index contributed by atoms with van der Waals surface area (Å²) in [6.07, 6.45) is 4.15. The van der Waals surface area contributed by atoms with Crippen LogP contribution >= 0.6 is 0 Å². The molecule has 0 aromatic heterocycles. The second-order valence-electron chi connectivity index (χ2n) is 9.26. The largest absolute Gasteiger partial charge is 0.481 e. The van der Waals surface area contributed by atoms with E-state index in [2.05, 4.69) is 34.9 Å². The number of carbonyl (C=O) groups excluding carboxylic acids is 2. The first-order valence-corrected chi connectivity index (χ1v) is 12.5. The second-order valence-corrected chi connectivity index (χ2v) is 9.26. The van der Waals surface area contributed by atoms with Gasteiger partial charge in [0.2, 0.25) is 5.91 Å². The molecule has 7 nitrogen and oxygen atoms in total. The Morgan fingerprint density at radius 3 is 2.17 bits per heavy atom. The Morgan fingerprint density at radius 2 is 1.51 bits per heavy atom. The second kappa shape index (κ2) is 13.5. The van der Waals surface area contributed by atoms with E-state index in [1.165, 1.54) is 22.3 Å². The van der Waals surface area contributed by atoms with Crippen LogP contribution in [0.15, 0.2) is 48.5 Å². The van der Waals surface area contributed by atoms with Crippen molar-refractivity contribution in [2.24, 2.45) is 5.92 Å². The molecule has 2 aromatic rings. The van der Waals surface area contributed by atoms with Gasteiger partial charge in [-0.25, -0.2) is 4.79 Å². The number of fused-ring (bicyclic) bond motifs is 3. The number of rotatable bonds is 14. The van der Waals surface area contributed by atoms with Crippen molar-refractivity contribution in [2.75, 3.05) is 19.7 Å². The highest BCUT2D eigenvalue weighted by atomic mass is 16.5. The van der Waals surface area contributed by atoms with E-state index < -0.39 is 12.1 Å². The number of amides is 2. The van der Waals surface area contributed by atoms with Crippen LogP contribution in [0.1, 0.15) is 68.9 Å². The molecule has 1 aliphatic rings. The Hall–Kier alpha value is -3.35. The fourth-order valence-corrected chi connectivity index (χ4v) is 4.46. The van der Waals surface area contributed by atoms with Crippen molar-refractivity contribution in [1.29, 1.82) is 0 Å². The fourth-order valence-electron chi connectivity index (χ4n) is 4.46. The number of ether oxygens (including phenoxy) is 1. The van der Waals surface area contributed by atoms with Crippen molar-refractivity contribution < 1.29 is 24.2 Å². The molecule has 7 heteroatoms. The van der Waals surface area contributed by atoms with Crippen molar-refractivity contribution in [2.45, 2.75) is 57.8 Å². The number of aliphatic carboxylic acids is 1. The van der Waals surface area contributed by atoms with Crippen LogP contribution in [-0.4, -0.2) is 42.8 Å². The first-order valence-electron chi connectivity index (χ1n) is 12.5. The van der Waals surface area contributed by atoms with Gasteiger partial charge in [-0.3, -0.25) is 9.59 Å². The van der Waals surface area contributed by atoms with Crippen LogP contribution in [0.2, 0.25) is 0 Å². The molecule has 1 aliphatic carbocycles. The third-order valence-corrected chi connectivity index (χ3v) is 6.44. The molecule has 0 saturated heterocycles. The van der Waals surface area contributed by atoms with Gasteiger partial charge in [-0.1, -0.05) is 68.3 Å². The van der Waals surface area contributed by atoms with Gasteiger partial charge in [0.1, 0.15) is 6.61 Å². The van der Waals surface area contributed by atoms with Gasteiger partial charge in [0, 0.05) is 31.8 Å². The predicted molar refractivity (Wildman–Crippen MR) is 135 cm³/mol. The molecule has 0 heterocycles. The van der Waals surface area contributed by atoms with E-state index in [0.29, 0.717) is 32.4 Å². The maximum Gasteiger partial charge on any atom is 0.407 e. The van der Waals surface area contributed by atoms with Crippen molar-refractivity contribution >= 4 is 18.0 Å². The first-order chi connectivity index (χ1) is 17.0. The standard InChI is InChI=1S/C28H36N2O5/c1-20(15-16-26(31)29-17-9-3-2-4-14-27(32)33)18-30-28(34)35-19-25-23-12-7-5-10-21(23)22-11-6-8-13-24(22)25/h5-8,10-13,20,25H,2-4,9,14-19H2,1H3,(H,29,31)(H,30,34)(H,32,33). The van der Waals surface area contributed by atoms with E-state index in [9.17, 15) is 14.4 Å². The number of hydrogen-bond donors (Lipinski definition) is 3. The number of carboxylic acid groups (broad SMARTS) is 1. The van der Waals surface area contributed by atoms with E-state index in [-0.39, 0.29) is 30.8 Å². The summed E-state index contributed by atoms with van der Waals surface area (Å²) in [5.41, 5.74) is 4.76. The Morgan fingerprint density at radius 1 is 0.886 bits per heavy atom. The topological polar surface area (TPSA) is 105 Å². The summed E-state index contributed by atoms with van der Waals surface area (Å²) in [5.74, 6) is -0.576. The van der Waals surface area contributed by atoms with Gasteiger partial charge < -0.3 is 20.5 Å². The molecule has 0 saturated carbocycles. The molecule has 188 valence electrons. The van der Waals surface area contributed by atoms with E-state index in [0.717, 1.165) is 19.3 Å². The van der Waals surface area contributed by atoms with Gasteiger partial charge in [-0.15, -0.1) is 0 Å². The maximum atomic E-state index is 12.3. The molecule has 0 radical (unpaired) electrons. The summed E-state index contributed by atoms with van der Waals surface area (Å²) in [6.45, 7) is 3.35. The number of carboxylic acids is 1. The minimum Gasteiger partial charge on any atom is -0.481 e. The highest BCUT2D eigenvalue weighted by Crippen LogP contribution is 2.44. The number of benzene rings is 2. The SMILES string of the molecule is CC(CCC(=O)NCCCCCCC(=O)O)CNC(=O)OCC1c2ccccc2-c2ccccc21. The van der Waals surface area contributed by atoms with Crippen LogP contribution in [0.25, 0.3) is 11.1 Å². The van der Waals surface area contributed by atoms with Crippen LogP contribution in [0.4, 0.5) is 4.79 Å². The molecule has 3 rings (SSSR count). The van der Waals surface area contributed by atoms with Crippen LogP contribution in [0, 0.1) is 5.92 Å². The average Bonchev–Trinajstić information content (AvgIpc) is 3.18. The van der Waals surface area contributed by atoms with Gasteiger partial charge in [0.15, 0.2) is 0 Å². The van der Waals surface area contributed by atoms with Crippen LogP contribution < -0.4 is 10.6 Å². The molecular weight excluding hydrogens is 444 g/mol. The normalized spacial score (nSPS) is 12.9. The molecule has 1 atom stereocenters. The molecule has 0 fully saturated rings. The lowest BCUT2D eigenvalue weighted by Crippen LogP contribution is -2.31. The van der Waals surface area contributed by atoms with Gasteiger partial charge in [0.25, 0.3) is 0 Å². The molecule has 3 N–H and O–H groups in total. The van der Waals surface area contributed by atoms with Gasteiger partial charge in [0.05, 0.1) is 0 Å². The fraction of sp³-hybridized carbons (Fsp3) is 0.464. The number of hydrogen-bond acceptors (Lipinski definition) is 4. The maximum absolute atomic E-state index is 12.3. The van der Waals surface area contributed by atoms with Crippen LogP contribution in [0.3, 0.4) is 0 Å². The van der Waals surface area contributed by atoms with E-state index in [4.69, 9.17) is 9.84 Å². The highest BCUT2D eigenvalue weighted by Gasteiger charge is 2.29. The van der Waals surface area contributed by atoms with Gasteiger partial charge >= 0.3 is 12.1 Å². The third kappa shape index (κ3) is 8.12. The molecule has 1 unspecified atom stereocenters. The number of unbranched alkanes of at least 4 members (excludes halogenated alkanes) is 3. The summed E-state index contributed by atoms with van der Waals surface area (Å²) in [5, 5.41) is 14.3. The monoisotopic (exact) mass is 480 g/mol. The van der Waals surface area contributed by atoms with Crippen molar-refractivity contribution in [1.82, 2.24) is 10.6 Å². The van der Waals surface area contributed by atoms with Gasteiger partial charge in [-0.2, -0.15) is 0 Å². The molecule has 2 amide bonds. The lowest BCUT2D eigenvalue weighted by molar-refractivity contribution is -0.137. The molecule has 0 spiro atoms. The zero-order chi connectivity index (χ0) is 25.0. The van der Waals surface area contributed by atoms with Crippen molar-refractivity contribution in [3.8, 4) is 11.1 Å². The lowest BCUT2D eigenvalue weighted by Gasteiger charge is -2.16. The van der Waals surface area contributed by atoms with E-state index in [1.54, 1.807) is 0 Å². The summed E-state index contributed by atoms with van der Waals surface area (Å²) in [4.78, 5) is 34.8. The highest BCUT2D eigenvalue weighted by molar-refractivity contribution is 5.79. The Labute approximate surface area is 207 Å². The predicted octanol–water partition coefficient (Wildman–Crippen LogP) is 5.09. The minimum absolute atomic E-state index is 0.00327. The number of carbonyl (C=O) groups is 3. The van der Waals surface area contributed by atoms with Crippen molar-refractivity contribution in [3.63, 3.8) is 0 Å². The lowest BCUT2D eigenvalue weighted by atomic mass is 9.98. The van der Waals surface area contributed by atoms with E-state index >= 15 is 0 Å². The van der Waals surface area contributed by atoms with Crippen molar-refractivity contribution in [3.05, 3.63) is 59.7 Å². The summed E-state index contributed by atoms with van der Waals surface area (Å²) in [6, 6.07) is 16.5. The van der Waals surface area contributed by atoms with Crippen LogP contribution in [0.5, 0.6) is 0 Å². The first kappa shape index (κ1) is 26.3. The average molecular weight is 481 g/mol. The minimum atomic E-state index is -0.763. The zero-order valence-corrected chi connectivity index (χ0v) is 20.4. The molecular formula is C28H36N2O5. The molecule has 0 bridgehead atoms. The molecule has 0 aliphatic heterocycles. The zero-order valence-electron chi connectivity index (χ0n) is 20.4. The van der Waals surface area contributed by atoms with E-state index in [1.807, 2.05) is 31.2 Å². The summed E-state index contributed by atoms with van der Waals surface area (Å²) >= 11 is 0. The molecule has 35 heavy (non-hydrogen) atoms. The summed E-state index contributed by atoms with van der Waals surface area (Å²) in [7, 11) is 0. The number of nitrogens with one attached hydrogen (secondary N) is 2. The van der Waals surface area contributed by atoms with Gasteiger partial charge in [-0.05, 0) is 47.4 Å². The third-order valence-electron chi connectivity index (χ3n) is 6.44. The smallest absolute Gasteiger partial charge is 0.407 e. The Kier molecular flexibility index (Phi) is 10.1. The quantitative estimate of drug-likeness (QED) is 0.327. The Balaban J connectivity index is 1.29. The number of alkyl carbamates (subject to hydrolysis) is 1. The summed E-state index contributed by atoms with van der Waals surface area (Å²) < 4.78 is 5.56. The van der Waals surface area contributed by atoms with Crippen LogP contribution in [-0.2, 0) is 14.3 Å².